The molecule has 0 aromatic rings. The summed E-state index contributed by atoms with van der Waals surface area (Å²) >= 11 is 0. The largest absolute Gasteiger partial charge is 0.414 e. The fraction of sp³-hybridized carbons (Fsp3) is 0.864. The first kappa shape index (κ1) is 18.0. The fourth-order valence-electron chi connectivity index (χ4n) is 7.13. The number of hydrogen-bond acceptors (Lipinski definition) is 2. The summed E-state index contributed by atoms with van der Waals surface area (Å²) in [5, 5.41) is 0. The lowest BCUT2D eigenvalue weighted by Crippen LogP contribution is -2.52. The molecule has 6 atom stereocenters. The van der Waals surface area contributed by atoms with Gasteiger partial charge in [-0.3, -0.25) is 4.79 Å². The van der Waals surface area contributed by atoms with Gasteiger partial charge in [0.2, 0.25) is 0 Å². The predicted octanol–water partition coefficient (Wildman–Crippen LogP) is 5.74. The van der Waals surface area contributed by atoms with Crippen molar-refractivity contribution in [3.05, 3.63) is 11.6 Å². The van der Waals surface area contributed by atoms with Crippen LogP contribution in [0.1, 0.15) is 65.2 Å². The normalized spacial score (nSPS) is 46.9. The number of fused-ring (bicyclic) bond motifs is 5. The van der Waals surface area contributed by atoms with E-state index in [9.17, 15) is 4.79 Å². The first-order valence-electron chi connectivity index (χ1n) is 10.6. The first-order valence-corrected chi connectivity index (χ1v) is 14.0. The van der Waals surface area contributed by atoms with Crippen molar-refractivity contribution in [3.63, 3.8) is 0 Å². The Labute approximate surface area is 154 Å². The van der Waals surface area contributed by atoms with Crippen LogP contribution in [0, 0.1) is 28.6 Å². The third-order valence-electron chi connectivity index (χ3n) is 8.37. The van der Waals surface area contributed by atoms with Gasteiger partial charge in [-0.25, -0.2) is 0 Å². The number of carbonyl (C=O) groups is 1. The number of hydrogen-bond donors (Lipinski definition) is 0. The van der Waals surface area contributed by atoms with Gasteiger partial charge in [0.15, 0.2) is 14.1 Å². The molecule has 0 radical (unpaired) electrons. The van der Waals surface area contributed by atoms with E-state index < -0.39 is 8.32 Å². The molecule has 0 N–H and O–H groups in total. The summed E-state index contributed by atoms with van der Waals surface area (Å²) in [7, 11) is -1.49. The van der Waals surface area contributed by atoms with E-state index >= 15 is 0 Å². The highest BCUT2D eigenvalue weighted by molar-refractivity contribution is 6.69. The quantitative estimate of drug-likeness (QED) is 0.587. The van der Waals surface area contributed by atoms with Gasteiger partial charge < -0.3 is 4.43 Å². The molecule has 4 rings (SSSR count). The Morgan fingerprint density at radius 2 is 1.76 bits per heavy atom. The number of rotatable bonds is 2. The van der Waals surface area contributed by atoms with Crippen LogP contribution in [0.3, 0.4) is 0 Å². The predicted molar refractivity (Wildman–Crippen MR) is 105 cm³/mol. The summed E-state index contributed by atoms with van der Waals surface area (Å²) < 4.78 is 6.68. The molecule has 3 heteroatoms. The van der Waals surface area contributed by atoms with E-state index in [4.69, 9.17) is 4.43 Å². The van der Waals surface area contributed by atoms with Crippen LogP contribution in [0.4, 0.5) is 0 Å². The zero-order valence-corrected chi connectivity index (χ0v) is 17.9. The van der Waals surface area contributed by atoms with Gasteiger partial charge in [-0.15, -0.1) is 0 Å². The molecule has 4 aliphatic rings. The van der Waals surface area contributed by atoms with Gasteiger partial charge in [-0.05, 0) is 99.2 Å². The van der Waals surface area contributed by atoms with Crippen molar-refractivity contribution in [2.24, 2.45) is 28.6 Å². The summed E-state index contributed by atoms with van der Waals surface area (Å²) in [6, 6.07) is 0. The lowest BCUT2D eigenvalue weighted by molar-refractivity contribution is -0.117. The van der Waals surface area contributed by atoms with Crippen molar-refractivity contribution < 1.29 is 9.22 Å². The zero-order valence-electron chi connectivity index (χ0n) is 16.9. The Bertz CT molecular complexity index is 604. The number of carbonyl (C=O) groups excluding carboxylic acids is 1. The van der Waals surface area contributed by atoms with E-state index in [-0.39, 0.29) is 0 Å². The maximum atomic E-state index is 11.9. The van der Waals surface area contributed by atoms with Gasteiger partial charge in [0.05, 0.1) is 6.10 Å². The molecule has 2 nitrogen and oxygen atoms in total. The Morgan fingerprint density at radius 1 is 1.00 bits per heavy atom. The average Bonchev–Trinajstić information content (AvgIpc) is 2.83. The second-order valence-electron chi connectivity index (χ2n) is 10.8. The highest BCUT2D eigenvalue weighted by Gasteiger charge is 2.59. The second kappa shape index (κ2) is 5.79. The molecule has 0 unspecified atom stereocenters. The maximum Gasteiger partial charge on any atom is 0.184 e. The third-order valence-corrected chi connectivity index (χ3v) is 9.36. The molecule has 140 valence electrons. The lowest BCUT2D eigenvalue weighted by atomic mass is 9.47. The summed E-state index contributed by atoms with van der Waals surface area (Å²) in [6.07, 6.45) is 12.1. The first-order chi connectivity index (χ1) is 11.6. The van der Waals surface area contributed by atoms with Gasteiger partial charge in [0.1, 0.15) is 0 Å². The van der Waals surface area contributed by atoms with Crippen molar-refractivity contribution in [2.45, 2.75) is 91.0 Å². The van der Waals surface area contributed by atoms with Crippen LogP contribution in [0.15, 0.2) is 11.6 Å². The van der Waals surface area contributed by atoms with Crippen LogP contribution in [0.2, 0.25) is 19.6 Å². The average molecular weight is 361 g/mol. The highest BCUT2D eigenvalue weighted by Crippen LogP contribution is 2.65. The molecule has 0 heterocycles. The van der Waals surface area contributed by atoms with Gasteiger partial charge in [-0.2, -0.15) is 0 Å². The van der Waals surface area contributed by atoms with E-state index in [1.165, 1.54) is 37.7 Å². The van der Waals surface area contributed by atoms with Crippen LogP contribution in [0.25, 0.3) is 0 Å². The Kier molecular flexibility index (Phi) is 4.16. The van der Waals surface area contributed by atoms with Gasteiger partial charge in [0.25, 0.3) is 0 Å². The maximum absolute atomic E-state index is 11.9. The van der Waals surface area contributed by atoms with Gasteiger partial charge >= 0.3 is 0 Å². The third kappa shape index (κ3) is 2.81. The standard InChI is InChI=1S/C22H36O2Si/c1-21-12-10-16(23)14-15(21)6-7-17-18-8-9-20(24-25(3,4)5)22(18,2)13-11-19(17)21/h14,17-20H,6-13H2,1-5H3/t17-,18-,19-,20-,21+,22+/m0/s1. The van der Waals surface area contributed by atoms with E-state index in [2.05, 4.69) is 33.5 Å². The smallest absolute Gasteiger partial charge is 0.184 e. The molecule has 0 aromatic heterocycles. The van der Waals surface area contributed by atoms with Crippen LogP contribution in [-0.2, 0) is 9.22 Å². The summed E-state index contributed by atoms with van der Waals surface area (Å²) in [6.45, 7) is 12.0. The van der Waals surface area contributed by atoms with E-state index in [0.717, 1.165) is 37.0 Å². The van der Waals surface area contributed by atoms with Gasteiger partial charge in [0, 0.05) is 6.42 Å². The van der Waals surface area contributed by atoms with E-state index in [1.807, 2.05) is 6.08 Å². The molecule has 0 spiro atoms. The van der Waals surface area contributed by atoms with Crippen molar-refractivity contribution in [1.82, 2.24) is 0 Å². The van der Waals surface area contributed by atoms with E-state index in [0.29, 0.717) is 22.7 Å². The van der Waals surface area contributed by atoms with Crippen molar-refractivity contribution in [1.29, 1.82) is 0 Å². The minimum atomic E-state index is -1.49. The topological polar surface area (TPSA) is 26.3 Å². The minimum absolute atomic E-state index is 0.301. The minimum Gasteiger partial charge on any atom is -0.414 e. The van der Waals surface area contributed by atoms with Crippen molar-refractivity contribution in [2.75, 3.05) is 0 Å². The zero-order chi connectivity index (χ0) is 18.0. The highest BCUT2D eigenvalue weighted by atomic mass is 28.4. The molecular formula is C22H36O2Si. The fourth-order valence-corrected chi connectivity index (χ4v) is 8.37. The molecule has 0 amide bonds. The Morgan fingerprint density at radius 3 is 2.48 bits per heavy atom. The molecular weight excluding hydrogens is 324 g/mol. The van der Waals surface area contributed by atoms with Crippen LogP contribution < -0.4 is 0 Å². The summed E-state index contributed by atoms with van der Waals surface area (Å²) in [5.74, 6) is 2.85. The van der Waals surface area contributed by atoms with Gasteiger partial charge in [-0.1, -0.05) is 19.4 Å². The molecule has 0 aromatic carbocycles. The molecule has 3 fully saturated rings. The summed E-state index contributed by atoms with van der Waals surface area (Å²) in [4.78, 5) is 11.9. The molecule has 0 saturated heterocycles. The molecule has 4 aliphatic carbocycles. The number of ketones is 1. The Hall–Kier alpha value is -0.413. The van der Waals surface area contributed by atoms with Crippen molar-refractivity contribution in [3.8, 4) is 0 Å². The molecule has 0 bridgehead atoms. The lowest BCUT2D eigenvalue weighted by Gasteiger charge is -2.58. The molecule has 0 aliphatic heterocycles. The summed E-state index contributed by atoms with van der Waals surface area (Å²) in [5.41, 5.74) is 2.18. The Balaban J connectivity index is 1.60. The van der Waals surface area contributed by atoms with Crippen LogP contribution in [-0.4, -0.2) is 20.2 Å². The van der Waals surface area contributed by atoms with Crippen molar-refractivity contribution >= 4 is 14.1 Å². The number of allylic oxidation sites excluding steroid dienone is 1. The second-order valence-corrected chi connectivity index (χ2v) is 15.3. The SMILES string of the molecule is C[C@@]12CC[C@H]3[C@@H](CCC4=CC(=O)CC[C@]43C)[C@@H]1CC[C@@H]2O[Si](C)(C)C. The molecule has 25 heavy (non-hydrogen) atoms. The van der Waals surface area contributed by atoms with Crippen LogP contribution in [0.5, 0.6) is 0 Å². The van der Waals surface area contributed by atoms with Crippen LogP contribution >= 0.6 is 0 Å². The monoisotopic (exact) mass is 360 g/mol. The molecule has 3 saturated carbocycles. The van der Waals surface area contributed by atoms with E-state index in [1.54, 1.807) is 0 Å².